The number of benzene rings is 1. The van der Waals surface area contributed by atoms with Crippen LogP contribution in [0.15, 0.2) is 30.6 Å². The van der Waals surface area contributed by atoms with Gasteiger partial charge in [0.2, 0.25) is 0 Å². The van der Waals surface area contributed by atoms with E-state index in [1.165, 1.54) is 6.07 Å². The average Bonchev–Trinajstić information content (AvgIpc) is 2.45. The molecule has 0 unspecified atom stereocenters. The summed E-state index contributed by atoms with van der Waals surface area (Å²) < 4.78 is 14.1. The van der Waals surface area contributed by atoms with E-state index in [0.29, 0.717) is 23.6 Å². The molecule has 2 N–H and O–H groups in total. The second-order valence-corrected chi connectivity index (χ2v) is 4.84. The van der Waals surface area contributed by atoms with Crippen molar-refractivity contribution in [2.75, 3.05) is 12.4 Å². The van der Waals surface area contributed by atoms with E-state index in [2.05, 4.69) is 20.6 Å². The van der Waals surface area contributed by atoms with Crippen LogP contribution in [0.5, 0.6) is 0 Å². The first-order valence-corrected chi connectivity index (χ1v) is 6.62. The van der Waals surface area contributed by atoms with Crippen LogP contribution >= 0.6 is 0 Å². The van der Waals surface area contributed by atoms with Gasteiger partial charge in [0.25, 0.3) is 0 Å². The van der Waals surface area contributed by atoms with Gasteiger partial charge in [-0.3, -0.25) is 4.98 Å². The zero-order valence-corrected chi connectivity index (χ0v) is 11.9. The Morgan fingerprint density at radius 2 is 2.05 bits per heavy atom. The molecule has 1 aromatic heterocycles. The zero-order valence-electron chi connectivity index (χ0n) is 11.9. The standard InChI is InChI=1S/C15H19FN4/c1-10(2)19-7-12-11(5-4-6-13(12)16)14-8-18-9-15(17-3)20-14/h4-6,8-10,19H,7H2,1-3H3,(H,17,20). The van der Waals surface area contributed by atoms with Gasteiger partial charge >= 0.3 is 0 Å². The molecule has 1 aromatic carbocycles. The highest BCUT2D eigenvalue weighted by molar-refractivity contribution is 5.64. The van der Waals surface area contributed by atoms with E-state index in [1.807, 2.05) is 19.9 Å². The van der Waals surface area contributed by atoms with Gasteiger partial charge in [-0.05, 0) is 6.07 Å². The maximum absolute atomic E-state index is 14.1. The van der Waals surface area contributed by atoms with E-state index in [0.717, 1.165) is 5.56 Å². The van der Waals surface area contributed by atoms with Crippen LogP contribution < -0.4 is 10.6 Å². The summed E-state index contributed by atoms with van der Waals surface area (Å²) in [4.78, 5) is 8.55. The Morgan fingerprint density at radius 1 is 1.25 bits per heavy atom. The van der Waals surface area contributed by atoms with Crippen molar-refractivity contribution in [1.29, 1.82) is 0 Å². The molecular weight excluding hydrogens is 255 g/mol. The molecular formula is C15H19FN4. The van der Waals surface area contributed by atoms with Crippen molar-refractivity contribution < 1.29 is 4.39 Å². The number of hydrogen-bond acceptors (Lipinski definition) is 4. The predicted octanol–water partition coefficient (Wildman–Crippen LogP) is 2.82. The summed E-state index contributed by atoms with van der Waals surface area (Å²) in [6.07, 6.45) is 3.28. The molecule has 0 fully saturated rings. The molecule has 0 bridgehead atoms. The molecule has 0 radical (unpaired) electrons. The van der Waals surface area contributed by atoms with Gasteiger partial charge in [0, 0.05) is 30.8 Å². The third-order valence-electron chi connectivity index (χ3n) is 2.97. The Bertz CT molecular complexity index is 584. The number of anilines is 1. The molecule has 20 heavy (non-hydrogen) atoms. The minimum absolute atomic E-state index is 0.229. The van der Waals surface area contributed by atoms with E-state index < -0.39 is 0 Å². The summed E-state index contributed by atoms with van der Waals surface area (Å²) in [7, 11) is 1.78. The van der Waals surface area contributed by atoms with Crippen molar-refractivity contribution >= 4 is 5.82 Å². The molecule has 2 rings (SSSR count). The quantitative estimate of drug-likeness (QED) is 0.880. The van der Waals surface area contributed by atoms with Crippen LogP contribution in [0, 0.1) is 5.82 Å². The Labute approximate surface area is 118 Å². The monoisotopic (exact) mass is 274 g/mol. The molecule has 0 aliphatic carbocycles. The molecule has 0 saturated heterocycles. The molecule has 0 amide bonds. The number of hydrogen-bond donors (Lipinski definition) is 2. The molecule has 0 aliphatic rings. The van der Waals surface area contributed by atoms with Gasteiger partial charge in [-0.15, -0.1) is 0 Å². The van der Waals surface area contributed by atoms with Crippen LogP contribution in [-0.2, 0) is 6.54 Å². The van der Waals surface area contributed by atoms with Crippen LogP contribution in [0.2, 0.25) is 0 Å². The summed E-state index contributed by atoms with van der Waals surface area (Å²) in [5.41, 5.74) is 2.04. The highest BCUT2D eigenvalue weighted by Gasteiger charge is 2.12. The first-order valence-electron chi connectivity index (χ1n) is 6.62. The second kappa shape index (κ2) is 6.43. The fourth-order valence-electron chi connectivity index (χ4n) is 1.90. The third-order valence-corrected chi connectivity index (χ3v) is 2.97. The Balaban J connectivity index is 2.41. The first-order chi connectivity index (χ1) is 9.61. The molecule has 0 saturated carbocycles. The average molecular weight is 274 g/mol. The van der Waals surface area contributed by atoms with E-state index >= 15 is 0 Å². The summed E-state index contributed by atoms with van der Waals surface area (Å²) in [6, 6.07) is 5.31. The molecule has 106 valence electrons. The lowest BCUT2D eigenvalue weighted by Crippen LogP contribution is -2.23. The van der Waals surface area contributed by atoms with E-state index in [9.17, 15) is 4.39 Å². The Kier molecular flexibility index (Phi) is 4.63. The topological polar surface area (TPSA) is 49.8 Å². The Hall–Kier alpha value is -2.01. The van der Waals surface area contributed by atoms with Crippen LogP contribution in [0.3, 0.4) is 0 Å². The normalized spacial score (nSPS) is 10.8. The van der Waals surface area contributed by atoms with Crippen molar-refractivity contribution in [2.24, 2.45) is 0 Å². The SMILES string of the molecule is CNc1cncc(-c2cccc(F)c2CNC(C)C)n1. The molecule has 0 aliphatic heterocycles. The molecule has 5 heteroatoms. The maximum Gasteiger partial charge on any atom is 0.144 e. The van der Waals surface area contributed by atoms with Gasteiger partial charge in [0.05, 0.1) is 18.1 Å². The number of aromatic nitrogens is 2. The molecule has 0 spiro atoms. The fraction of sp³-hybridized carbons (Fsp3) is 0.333. The molecule has 2 aromatic rings. The minimum Gasteiger partial charge on any atom is -0.372 e. The van der Waals surface area contributed by atoms with Crippen molar-refractivity contribution in [3.63, 3.8) is 0 Å². The summed E-state index contributed by atoms with van der Waals surface area (Å²) in [6.45, 7) is 4.52. The maximum atomic E-state index is 14.1. The number of rotatable bonds is 5. The number of halogens is 1. The Morgan fingerprint density at radius 3 is 2.75 bits per heavy atom. The zero-order chi connectivity index (χ0) is 14.5. The van der Waals surface area contributed by atoms with E-state index in [4.69, 9.17) is 0 Å². The van der Waals surface area contributed by atoms with Gasteiger partial charge in [-0.25, -0.2) is 9.37 Å². The molecule has 4 nitrogen and oxygen atoms in total. The summed E-state index contributed by atoms with van der Waals surface area (Å²) >= 11 is 0. The fourth-order valence-corrected chi connectivity index (χ4v) is 1.90. The lowest BCUT2D eigenvalue weighted by atomic mass is 10.0. The van der Waals surface area contributed by atoms with Gasteiger partial charge < -0.3 is 10.6 Å². The lowest BCUT2D eigenvalue weighted by Gasteiger charge is -2.13. The van der Waals surface area contributed by atoms with Crippen molar-refractivity contribution in [1.82, 2.24) is 15.3 Å². The smallest absolute Gasteiger partial charge is 0.144 e. The first kappa shape index (κ1) is 14.4. The highest BCUT2D eigenvalue weighted by Crippen LogP contribution is 2.24. The van der Waals surface area contributed by atoms with Crippen LogP contribution in [0.25, 0.3) is 11.3 Å². The predicted molar refractivity (Wildman–Crippen MR) is 78.9 cm³/mol. The van der Waals surface area contributed by atoms with Gasteiger partial charge in [0.15, 0.2) is 0 Å². The highest BCUT2D eigenvalue weighted by atomic mass is 19.1. The lowest BCUT2D eigenvalue weighted by molar-refractivity contribution is 0.554. The summed E-state index contributed by atoms with van der Waals surface area (Å²) in [5.74, 6) is 0.432. The van der Waals surface area contributed by atoms with Crippen LogP contribution in [0.1, 0.15) is 19.4 Å². The second-order valence-electron chi connectivity index (χ2n) is 4.84. The molecule has 0 atom stereocenters. The van der Waals surface area contributed by atoms with Gasteiger partial charge in [-0.1, -0.05) is 26.0 Å². The van der Waals surface area contributed by atoms with Crippen LogP contribution in [-0.4, -0.2) is 23.1 Å². The molecule has 1 heterocycles. The van der Waals surface area contributed by atoms with Crippen molar-refractivity contribution in [2.45, 2.75) is 26.4 Å². The number of nitrogens with zero attached hydrogens (tertiary/aromatic N) is 2. The number of nitrogens with one attached hydrogen (secondary N) is 2. The minimum atomic E-state index is -0.229. The van der Waals surface area contributed by atoms with Gasteiger partial charge in [0.1, 0.15) is 11.6 Å². The van der Waals surface area contributed by atoms with E-state index in [-0.39, 0.29) is 11.9 Å². The third kappa shape index (κ3) is 3.30. The van der Waals surface area contributed by atoms with Crippen molar-refractivity contribution in [3.8, 4) is 11.3 Å². The summed E-state index contributed by atoms with van der Waals surface area (Å²) in [5, 5.41) is 6.18. The van der Waals surface area contributed by atoms with Crippen LogP contribution in [0.4, 0.5) is 10.2 Å². The largest absolute Gasteiger partial charge is 0.372 e. The van der Waals surface area contributed by atoms with E-state index in [1.54, 1.807) is 25.5 Å². The van der Waals surface area contributed by atoms with Gasteiger partial charge in [-0.2, -0.15) is 0 Å². The van der Waals surface area contributed by atoms with Crippen molar-refractivity contribution in [3.05, 3.63) is 42.0 Å².